The summed E-state index contributed by atoms with van der Waals surface area (Å²) in [6.07, 6.45) is -49.1. The molecule has 4 aliphatic heterocycles. The smallest absolute Gasteiger partial charge is 0.479 e. The van der Waals surface area contributed by atoms with E-state index in [4.69, 9.17) is 55.4 Å². The van der Waals surface area contributed by atoms with Crippen molar-refractivity contribution in [1.29, 1.82) is 0 Å². The molecule has 0 aromatic heterocycles. The van der Waals surface area contributed by atoms with Gasteiger partial charge in [-0.3, -0.25) is 27.6 Å². The maximum atomic E-state index is 12.7. The van der Waals surface area contributed by atoms with Crippen LogP contribution in [0.1, 0.15) is 34.6 Å². The molecule has 4 aliphatic rings. The molecule has 0 aliphatic carbocycles. The number of hydrogen-bond acceptors (Lipinski definition) is 34. The lowest BCUT2D eigenvalue weighted by atomic mass is 9.94. The summed E-state index contributed by atoms with van der Waals surface area (Å²) in [5.41, 5.74) is 0. The van der Waals surface area contributed by atoms with Gasteiger partial charge in [0.15, 0.2) is 49.6 Å². The van der Waals surface area contributed by atoms with Crippen LogP contribution in [-0.4, -0.2) is 295 Å². The normalized spacial score (nSPS) is 34.9. The van der Waals surface area contributed by atoms with E-state index in [0.29, 0.717) is 26.4 Å². The third-order valence-corrected chi connectivity index (χ3v) is 15.9. The number of rotatable bonds is 29. The van der Waals surface area contributed by atoms with Crippen LogP contribution >= 0.6 is 0 Å². The highest BCUT2D eigenvalue weighted by molar-refractivity contribution is 7.83. The first-order chi connectivity index (χ1) is 38.0. The Morgan fingerprint density at radius 2 is 0.928 bits per heavy atom. The van der Waals surface area contributed by atoms with Gasteiger partial charge < -0.3 is 97.0 Å². The van der Waals surface area contributed by atoms with Crippen molar-refractivity contribution in [1.82, 2.24) is 10.0 Å². The highest BCUT2D eigenvalue weighted by atomic mass is 32.3. The Kier molecular flexibility index (Phi) is 27.8. The number of carboxylic acids is 2. The molecule has 4 heterocycles. The molecule has 0 spiro atoms. The van der Waals surface area contributed by atoms with Crippen molar-refractivity contribution in [3.05, 3.63) is 0 Å². The number of aliphatic carboxylic acids is 2. The fraction of sp³-hybridized carbons (Fsp3) is 0.912. The molecule has 4 rings (SSSR count). The standard InChI is InChI=1S/C26H42N2O37S5.C8H20O4Si/c1-4(30)27-7-9(31)13(6(56-23(7)39)3-55-67(43,44)45)58-26-19(65-70(52,53)54)12(34)16(20(62-26)22(37)38)60-24-8(28-66(40,41)42)15(63-68(46,47)48)14(5(2-29)57-24)59-25-18(64-69(49,50)51)11(33)10(32)17(61-25)21(35)36;1-5-9-13(10-6-2,11-7-3)12-8-4/h5-20,23-26,28-29,31-34,39H,2-3H2,1H3,(H,27,30)(H,35,36)(H,37,38)(H,40,41,42)(H,43,44,45)(H,46,47,48)(H,49,50,51)(H,52,53,54);5-8H2,1-4H3/t5-,6+,7-,8-,9-,10-,11-,12+,13-,14-,15-,16+,17-,18+,19-,20+,23-,24+,25+,26-;/m1./s1. The molecular weight excluding hydrogens is 1280 g/mol. The molecule has 20 atom stereocenters. The van der Waals surface area contributed by atoms with Crippen LogP contribution in [0, 0.1) is 0 Å². The van der Waals surface area contributed by atoms with Crippen LogP contribution in [0.4, 0.5) is 0 Å². The molecule has 4 saturated heterocycles. The van der Waals surface area contributed by atoms with Gasteiger partial charge in [0.05, 0.1) is 13.2 Å². The Morgan fingerprint density at radius 3 is 1.34 bits per heavy atom. The van der Waals surface area contributed by atoms with Gasteiger partial charge in [0.25, 0.3) is 0 Å². The predicted molar refractivity (Wildman–Crippen MR) is 253 cm³/mol. The first-order valence-electron chi connectivity index (χ1n) is 23.3. The molecule has 0 aromatic rings. The monoisotopic (exact) mass is 1340 g/mol. The average molecular weight is 1340 g/mol. The molecule has 43 nitrogen and oxygen atoms in total. The largest absolute Gasteiger partial charge is 0.679 e. The highest BCUT2D eigenvalue weighted by Crippen LogP contribution is 2.37. The highest BCUT2D eigenvalue weighted by Gasteiger charge is 2.60. The molecule has 49 heteroatoms. The Labute approximate surface area is 471 Å². The van der Waals surface area contributed by atoms with E-state index in [2.05, 4.69) is 16.7 Å². The number of carbonyl (C=O) groups is 3. The summed E-state index contributed by atoms with van der Waals surface area (Å²) in [5, 5.41) is 86.0. The zero-order valence-electron chi connectivity index (χ0n) is 43.1. The molecule has 0 bridgehead atoms. The lowest BCUT2D eigenvalue weighted by Crippen LogP contribution is -2.71. The summed E-state index contributed by atoms with van der Waals surface area (Å²) < 4.78 is 244. The number of amides is 1. The van der Waals surface area contributed by atoms with Crippen LogP contribution in [0.25, 0.3) is 0 Å². The molecule has 15 N–H and O–H groups in total. The average Bonchev–Trinajstić information content (AvgIpc) is 3.55. The predicted octanol–water partition coefficient (Wildman–Crippen LogP) is -9.14. The Morgan fingerprint density at radius 1 is 0.494 bits per heavy atom. The van der Waals surface area contributed by atoms with E-state index in [1.54, 1.807) is 0 Å². The van der Waals surface area contributed by atoms with Crippen molar-refractivity contribution in [2.24, 2.45) is 0 Å². The van der Waals surface area contributed by atoms with Crippen molar-refractivity contribution in [3.63, 3.8) is 0 Å². The Balaban J connectivity index is 0.00000123. The third-order valence-electron chi connectivity index (χ3n) is 11.0. The molecule has 0 radical (unpaired) electrons. The minimum Gasteiger partial charge on any atom is -0.479 e. The number of carbonyl (C=O) groups excluding carboxylic acids is 1. The molecule has 83 heavy (non-hydrogen) atoms. The number of ether oxygens (including phenoxy) is 7. The van der Waals surface area contributed by atoms with Gasteiger partial charge in [-0.05, 0) is 27.7 Å². The van der Waals surface area contributed by atoms with Gasteiger partial charge in [-0.1, -0.05) is 0 Å². The Bertz CT molecular complexity index is 2680. The van der Waals surface area contributed by atoms with Crippen molar-refractivity contribution in [2.75, 3.05) is 39.6 Å². The summed E-state index contributed by atoms with van der Waals surface area (Å²) in [6, 6.07) is -4.96. The first-order valence-corrected chi connectivity index (χ1v) is 31.8. The van der Waals surface area contributed by atoms with Gasteiger partial charge in [-0.2, -0.15) is 46.8 Å². The lowest BCUT2D eigenvalue weighted by molar-refractivity contribution is -0.366. The molecule has 1 amide bonds. The second kappa shape index (κ2) is 31.0. The fourth-order valence-electron chi connectivity index (χ4n) is 8.01. The van der Waals surface area contributed by atoms with Crippen LogP contribution < -0.4 is 10.0 Å². The second-order valence-electron chi connectivity index (χ2n) is 16.8. The van der Waals surface area contributed by atoms with E-state index in [1.165, 1.54) is 4.72 Å². The summed E-state index contributed by atoms with van der Waals surface area (Å²) in [7, 11) is -31.9. The van der Waals surface area contributed by atoms with Crippen LogP contribution in [0.5, 0.6) is 0 Å². The molecular formula is C34H62N2O41S5Si. The van der Waals surface area contributed by atoms with Crippen molar-refractivity contribution >= 4 is 78.8 Å². The number of carboxylic acid groups (broad SMARTS) is 2. The van der Waals surface area contributed by atoms with E-state index in [0.717, 1.165) is 6.92 Å². The van der Waals surface area contributed by atoms with Crippen molar-refractivity contribution < 1.29 is 188 Å². The minimum atomic E-state index is -6.09. The van der Waals surface area contributed by atoms with Gasteiger partial charge in [-0.25, -0.2) is 26.3 Å². The van der Waals surface area contributed by atoms with Gasteiger partial charge in [0.1, 0.15) is 73.1 Å². The van der Waals surface area contributed by atoms with Crippen LogP contribution in [-0.2, 0) is 134 Å². The molecule has 0 unspecified atom stereocenters. The summed E-state index contributed by atoms with van der Waals surface area (Å²) >= 11 is 0. The van der Waals surface area contributed by atoms with Gasteiger partial charge >= 0.3 is 72.9 Å². The molecule has 0 saturated carbocycles. The van der Waals surface area contributed by atoms with E-state index in [1.807, 2.05) is 33.0 Å². The Hall–Kier alpha value is -2.70. The van der Waals surface area contributed by atoms with Gasteiger partial charge in [-0.15, -0.1) is 0 Å². The maximum Gasteiger partial charge on any atom is 0.679 e. The first kappa shape index (κ1) is 74.5. The van der Waals surface area contributed by atoms with E-state index < -0.39 is 215 Å². The fourth-order valence-corrected chi connectivity index (χ4v) is 12.3. The summed E-state index contributed by atoms with van der Waals surface area (Å²) in [6.45, 7) is 7.56. The molecule has 4 fully saturated rings. The molecule has 488 valence electrons. The quantitative estimate of drug-likeness (QED) is 0.0244. The number of aliphatic hydroxyl groups is 6. The number of nitrogens with one attached hydrogen (secondary N) is 2. The van der Waals surface area contributed by atoms with Gasteiger partial charge in [0.2, 0.25) is 5.91 Å². The van der Waals surface area contributed by atoms with Crippen LogP contribution in [0.2, 0.25) is 0 Å². The summed E-state index contributed by atoms with van der Waals surface area (Å²) in [4.78, 5) is 36.4. The summed E-state index contributed by atoms with van der Waals surface area (Å²) in [5.74, 6) is -5.49. The second-order valence-corrected chi connectivity index (χ2v) is 24.4. The zero-order chi connectivity index (χ0) is 63.5. The molecule has 0 aromatic carbocycles. The number of hydrogen-bond donors (Lipinski definition) is 15. The van der Waals surface area contributed by atoms with E-state index >= 15 is 0 Å². The minimum absolute atomic E-state index is 0.548. The maximum absolute atomic E-state index is 12.7. The van der Waals surface area contributed by atoms with Crippen molar-refractivity contribution in [2.45, 2.75) is 157 Å². The van der Waals surface area contributed by atoms with Crippen molar-refractivity contribution in [3.8, 4) is 0 Å². The van der Waals surface area contributed by atoms with E-state index in [9.17, 15) is 116 Å². The van der Waals surface area contributed by atoms with Gasteiger partial charge in [0, 0.05) is 33.4 Å². The SMILES string of the molecule is CC(=O)N[C@@H]1[C@@H](O)[C@H](O[C@@H]2O[C@H](C(=O)O)[C@@H](O[C@@H]3O[C@H](CO)[C@@H](O[C@H]4O[C@@H](C(=O)O)[C@H](O)[C@@H](O)[C@@H]4OS(=O)(=O)O)[C@H](OS(=O)(=O)O)[C@H]3NS(=O)(=O)O)[C@H](O)[C@H]2OS(=O)(=O)O)[C@H](COS(=O)(=O)O)O[C@H]1O.CCO[Si](OCC)(OCC)OCC. The topological polar surface area (TPSA) is 647 Å². The van der Waals surface area contributed by atoms with Crippen LogP contribution in [0.15, 0.2) is 0 Å². The zero-order valence-corrected chi connectivity index (χ0v) is 48.2. The number of aliphatic hydroxyl groups excluding tert-OH is 6. The van der Waals surface area contributed by atoms with Crippen LogP contribution in [0.3, 0.4) is 0 Å². The lowest BCUT2D eigenvalue weighted by Gasteiger charge is -2.50. The van der Waals surface area contributed by atoms with E-state index in [-0.39, 0.29) is 0 Å². The third kappa shape index (κ3) is 22.4.